The summed E-state index contributed by atoms with van der Waals surface area (Å²) in [5.41, 5.74) is 2.04. The van der Waals surface area contributed by atoms with Crippen LogP contribution in [-0.4, -0.2) is 33.7 Å². The minimum Gasteiger partial charge on any atom is -0.481 e. The number of fused-ring (bicyclic) bond motifs is 1. The van der Waals surface area contributed by atoms with E-state index in [0.29, 0.717) is 28.1 Å². The van der Waals surface area contributed by atoms with Crippen molar-refractivity contribution in [2.75, 3.05) is 6.54 Å². The number of nitrogens with one attached hydrogen (secondary N) is 1. The van der Waals surface area contributed by atoms with Crippen LogP contribution in [0.25, 0.3) is 11.1 Å². The first kappa shape index (κ1) is 15.0. The summed E-state index contributed by atoms with van der Waals surface area (Å²) in [7, 11) is 0. The summed E-state index contributed by atoms with van der Waals surface area (Å²) in [5.74, 6) is -1.22. The zero-order valence-electron chi connectivity index (χ0n) is 12.1. The number of hydrogen-bond acceptors (Lipinski definition) is 5. The van der Waals surface area contributed by atoms with Gasteiger partial charge < -0.3 is 14.9 Å². The molecular weight excluding hydrogens is 274 g/mol. The summed E-state index contributed by atoms with van der Waals surface area (Å²) in [4.78, 5) is 27.0. The van der Waals surface area contributed by atoms with Gasteiger partial charge in [-0.05, 0) is 18.9 Å². The van der Waals surface area contributed by atoms with Crippen LogP contribution in [0.1, 0.15) is 47.9 Å². The summed E-state index contributed by atoms with van der Waals surface area (Å²) in [6.07, 6.45) is -0.125. The number of aliphatic carboxylic acids is 1. The Morgan fingerprint density at radius 1 is 1.43 bits per heavy atom. The number of rotatable bonds is 5. The highest BCUT2D eigenvalue weighted by atomic mass is 16.5. The van der Waals surface area contributed by atoms with E-state index in [-0.39, 0.29) is 24.8 Å². The maximum absolute atomic E-state index is 12.3. The normalized spacial score (nSPS) is 11.0. The third-order valence-corrected chi connectivity index (χ3v) is 3.02. The summed E-state index contributed by atoms with van der Waals surface area (Å²) in [6.45, 7) is 5.72. The SMILES string of the molecule is Cc1cc(C(=O)NCCC(=O)O)c2c(C(C)C)noc2n1. The number of hydrogen-bond donors (Lipinski definition) is 2. The first-order valence-electron chi connectivity index (χ1n) is 6.67. The van der Waals surface area contributed by atoms with E-state index in [1.807, 2.05) is 13.8 Å². The molecule has 0 aliphatic heterocycles. The molecule has 0 fully saturated rings. The molecule has 0 unspecified atom stereocenters. The second-order valence-corrected chi connectivity index (χ2v) is 5.11. The van der Waals surface area contributed by atoms with Gasteiger partial charge in [0.25, 0.3) is 11.6 Å². The highest BCUT2D eigenvalue weighted by Gasteiger charge is 2.21. The molecule has 112 valence electrons. The Labute approximate surface area is 121 Å². The lowest BCUT2D eigenvalue weighted by Gasteiger charge is -2.07. The Balaban J connectivity index is 2.39. The van der Waals surface area contributed by atoms with Gasteiger partial charge in [-0.25, -0.2) is 4.98 Å². The zero-order valence-corrected chi connectivity index (χ0v) is 12.1. The van der Waals surface area contributed by atoms with Gasteiger partial charge in [0.05, 0.1) is 23.1 Å². The lowest BCUT2D eigenvalue weighted by Crippen LogP contribution is -2.26. The van der Waals surface area contributed by atoms with Crippen molar-refractivity contribution in [1.29, 1.82) is 0 Å². The van der Waals surface area contributed by atoms with Crippen molar-refractivity contribution in [2.24, 2.45) is 0 Å². The third kappa shape index (κ3) is 3.18. The molecule has 0 aliphatic rings. The topological polar surface area (TPSA) is 105 Å². The molecule has 2 aromatic rings. The molecule has 0 aromatic carbocycles. The molecule has 7 nitrogen and oxygen atoms in total. The van der Waals surface area contributed by atoms with Crippen LogP contribution >= 0.6 is 0 Å². The Kier molecular flexibility index (Phi) is 4.21. The van der Waals surface area contributed by atoms with Crippen LogP contribution in [0.2, 0.25) is 0 Å². The largest absolute Gasteiger partial charge is 0.481 e. The predicted octanol–water partition coefficient (Wildman–Crippen LogP) is 1.86. The molecule has 0 saturated heterocycles. The van der Waals surface area contributed by atoms with Crippen LogP contribution in [0.15, 0.2) is 10.6 Å². The Morgan fingerprint density at radius 2 is 2.14 bits per heavy atom. The minimum absolute atomic E-state index is 0.0688. The van der Waals surface area contributed by atoms with Crippen LogP contribution in [0.5, 0.6) is 0 Å². The van der Waals surface area contributed by atoms with E-state index in [0.717, 1.165) is 0 Å². The standard InChI is InChI=1S/C14H17N3O4/c1-7(2)12-11-9(13(20)15-5-4-10(18)19)6-8(3)16-14(11)21-17-12/h6-7H,4-5H2,1-3H3,(H,15,20)(H,18,19). The van der Waals surface area contributed by atoms with Crippen LogP contribution in [0.4, 0.5) is 0 Å². The van der Waals surface area contributed by atoms with E-state index < -0.39 is 5.97 Å². The summed E-state index contributed by atoms with van der Waals surface area (Å²) < 4.78 is 5.19. The summed E-state index contributed by atoms with van der Waals surface area (Å²) >= 11 is 0. The second kappa shape index (κ2) is 5.90. The number of nitrogens with zero attached hydrogens (tertiary/aromatic N) is 2. The van der Waals surface area contributed by atoms with Gasteiger partial charge in [-0.2, -0.15) is 0 Å². The number of carboxylic acid groups (broad SMARTS) is 1. The monoisotopic (exact) mass is 291 g/mol. The third-order valence-electron chi connectivity index (χ3n) is 3.02. The lowest BCUT2D eigenvalue weighted by molar-refractivity contribution is -0.136. The number of amides is 1. The van der Waals surface area contributed by atoms with Crippen molar-refractivity contribution >= 4 is 23.0 Å². The van der Waals surface area contributed by atoms with Gasteiger partial charge in [0.2, 0.25) is 0 Å². The predicted molar refractivity (Wildman–Crippen MR) is 75.2 cm³/mol. The molecule has 0 radical (unpaired) electrons. The van der Waals surface area contributed by atoms with Gasteiger partial charge in [-0.3, -0.25) is 9.59 Å². The number of carbonyl (C=O) groups is 2. The van der Waals surface area contributed by atoms with Crippen LogP contribution < -0.4 is 5.32 Å². The van der Waals surface area contributed by atoms with E-state index in [9.17, 15) is 9.59 Å². The highest BCUT2D eigenvalue weighted by Crippen LogP contribution is 2.27. The molecule has 0 atom stereocenters. The smallest absolute Gasteiger partial charge is 0.305 e. The number of aryl methyl sites for hydroxylation is 1. The van der Waals surface area contributed by atoms with Crippen LogP contribution in [-0.2, 0) is 4.79 Å². The van der Waals surface area contributed by atoms with Crippen molar-refractivity contribution in [2.45, 2.75) is 33.1 Å². The molecule has 21 heavy (non-hydrogen) atoms. The molecule has 7 heteroatoms. The van der Waals surface area contributed by atoms with E-state index in [1.165, 1.54) is 0 Å². The molecule has 1 amide bonds. The summed E-state index contributed by atoms with van der Waals surface area (Å²) in [6, 6.07) is 1.65. The van der Waals surface area contributed by atoms with Crippen molar-refractivity contribution in [3.05, 3.63) is 23.0 Å². The fraction of sp³-hybridized carbons (Fsp3) is 0.429. The molecule has 0 saturated carbocycles. The molecule has 0 aliphatic carbocycles. The zero-order chi connectivity index (χ0) is 15.6. The lowest BCUT2D eigenvalue weighted by atomic mass is 10.0. The van der Waals surface area contributed by atoms with Crippen molar-refractivity contribution in [1.82, 2.24) is 15.5 Å². The molecular formula is C14H17N3O4. The Morgan fingerprint density at radius 3 is 2.76 bits per heavy atom. The van der Waals surface area contributed by atoms with Crippen molar-refractivity contribution in [3.63, 3.8) is 0 Å². The Bertz CT molecular complexity index is 691. The van der Waals surface area contributed by atoms with Crippen LogP contribution in [0, 0.1) is 6.92 Å². The van der Waals surface area contributed by atoms with Gasteiger partial charge in [-0.15, -0.1) is 0 Å². The number of carbonyl (C=O) groups excluding carboxylic acids is 1. The van der Waals surface area contributed by atoms with Gasteiger partial charge in [-0.1, -0.05) is 19.0 Å². The maximum Gasteiger partial charge on any atom is 0.305 e. The fourth-order valence-electron chi connectivity index (χ4n) is 2.05. The van der Waals surface area contributed by atoms with E-state index in [4.69, 9.17) is 9.63 Å². The van der Waals surface area contributed by atoms with Crippen LogP contribution in [0.3, 0.4) is 0 Å². The fourth-order valence-corrected chi connectivity index (χ4v) is 2.05. The molecule has 0 spiro atoms. The first-order chi connectivity index (χ1) is 9.90. The summed E-state index contributed by atoms with van der Waals surface area (Å²) in [5, 5.41) is 15.8. The average Bonchev–Trinajstić information content (AvgIpc) is 2.80. The minimum atomic E-state index is -0.959. The van der Waals surface area contributed by atoms with Gasteiger partial charge >= 0.3 is 5.97 Å². The van der Waals surface area contributed by atoms with E-state index in [1.54, 1.807) is 13.0 Å². The number of pyridine rings is 1. The molecule has 0 bridgehead atoms. The maximum atomic E-state index is 12.3. The number of aromatic nitrogens is 2. The quantitative estimate of drug-likeness (QED) is 0.871. The van der Waals surface area contributed by atoms with E-state index in [2.05, 4.69) is 15.5 Å². The second-order valence-electron chi connectivity index (χ2n) is 5.11. The van der Waals surface area contributed by atoms with E-state index >= 15 is 0 Å². The Hall–Kier alpha value is -2.44. The first-order valence-corrected chi connectivity index (χ1v) is 6.67. The molecule has 2 aromatic heterocycles. The highest BCUT2D eigenvalue weighted by molar-refractivity contribution is 6.06. The van der Waals surface area contributed by atoms with Gasteiger partial charge in [0.1, 0.15) is 0 Å². The van der Waals surface area contributed by atoms with Gasteiger partial charge in [0.15, 0.2) is 0 Å². The molecule has 2 heterocycles. The number of carboxylic acids is 1. The molecule has 2 rings (SSSR count). The average molecular weight is 291 g/mol. The van der Waals surface area contributed by atoms with Crippen molar-refractivity contribution in [3.8, 4) is 0 Å². The van der Waals surface area contributed by atoms with Crippen molar-refractivity contribution < 1.29 is 19.2 Å². The van der Waals surface area contributed by atoms with Gasteiger partial charge in [0, 0.05) is 12.2 Å². The molecule has 2 N–H and O–H groups in total.